The zero-order chi connectivity index (χ0) is 19.5. The summed E-state index contributed by atoms with van der Waals surface area (Å²) in [5, 5.41) is 7.94. The van der Waals surface area contributed by atoms with E-state index in [1.54, 1.807) is 42.5 Å². The number of nitrogens with one attached hydrogen (secondary N) is 1. The Kier molecular flexibility index (Phi) is 4.60. The van der Waals surface area contributed by atoms with E-state index in [0.29, 0.717) is 28.0 Å². The summed E-state index contributed by atoms with van der Waals surface area (Å²) in [7, 11) is 1.53. The van der Waals surface area contributed by atoms with Gasteiger partial charge in [0, 0.05) is 24.2 Å². The molecule has 0 radical (unpaired) electrons. The quantitative estimate of drug-likeness (QED) is 0.589. The van der Waals surface area contributed by atoms with Gasteiger partial charge in [0.05, 0.1) is 5.39 Å². The number of para-hydroxylation sites is 1. The Morgan fingerprint density at radius 3 is 2.36 bits per heavy atom. The molecule has 0 unspecified atom stereocenters. The molecule has 138 valence electrons. The first-order valence-electron chi connectivity index (χ1n) is 8.72. The van der Waals surface area contributed by atoms with Crippen LogP contribution in [0.5, 0.6) is 11.5 Å². The van der Waals surface area contributed by atoms with Gasteiger partial charge in [0.2, 0.25) is 0 Å². The summed E-state index contributed by atoms with van der Waals surface area (Å²) in [6.45, 7) is 0. The fourth-order valence-electron chi connectivity index (χ4n) is 2.92. The van der Waals surface area contributed by atoms with Gasteiger partial charge >= 0.3 is 0 Å². The van der Waals surface area contributed by atoms with Crippen LogP contribution in [0.2, 0.25) is 0 Å². The topological polar surface area (TPSA) is 73.2 Å². The molecular weight excluding hydrogens is 354 g/mol. The third-order valence-corrected chi connectivity index (χ3v) is 4.24. The molecule has 0 atom stereocenters. The molecule has 0 aliphatic rings. The summed E-state index contributed by atoms with van der Waals surface area (Å²) in [4.78, 5) is 25.1. The van der Waals surface area contributed by atoms with Crippen LogP contribution in [0.15, 0.2) is 83.7 Å². The molecule has 0 saturated carbocycles. The number of anilines is 1. The van der Waals surface area contributed by atoms with Crippen molar-refractivity contribution in [1.82, 2.24) is 9.78 Å². The van der Waals surface area contributed by atoms with Crippen molar-refractivity contribution >= 4 is 22.4 Å². The zero-order valence-corrected chi connectivity index (χ0v) is 15.1. The molecule has 1 N–H and O–H groups in total. The first-order chi connectivity index (χ1) is 13.6. The van der Waals surface area contributed by atoms with Gasteiger partial charge in [-0.05, 0) is 30.3 Å². The van der Waals surface area contributed by atoms with Gasteiger partial charge < -0.3 is 10.1 Å². The molecule has 0 aliphatic heterocycles. The molecule has 3 aromatic carbocycles. The lowest BCUT2D eigenvalue weighted by Crippen LogP contribution is -2.25. The van der Waals surface area contributed by atoms with E-state index >= 15 is 0 Å². The van der Waals surface area contributed by atoms with E-state index in [1.165, 1.54) is 11.7 Å². The maximum Gasteiger partial charge on any atom is 0.276 e. The normalized spacial score (nSPS) is 10.6. The number of fused-ring (bicyclic) bond motifs is 1. The summed E-state index contributed by atoms with van der Waals surface area (Å²) in [5.74, 6) is 0.905. The second-order valence-electron chi connectivity index (χ2n) is 6.22. The lowest BCUT2D eigenvalue weighted by molar-refractivity contribution is 0.102. The Labute approximate surface area is 161 Å². The molecule has 0 spiro atoms. The van der Waals surface area contributed by atoms with Crippen LogP contribution in [0.25, 0.3) is 10.8 Å². The molecule has 0 saturated heterocycles. The Morgan fingerprint density at radius 2 is 1.57 bits per heavy atom. The molecule has 28 heavy (non-hydrogen) atoms. The van der Waals surface area contributed by atoms with Crippen LogP contribution in [0.1, 0.15) is 10.5 Å². The van der Waals surface area contributed by atoms with Gasteiger partial charge in [0.15, 0.2) is 5.69 Å². The maximum absolute atomic E-state index is 12.8. The highest BCUT2D eigenvalue weighted by molar-refractivity contribution is 6.11. The second-order valence-corrected chi connectivity index (χ2v) is 6.22. The highest BCUT2D eigenvalue weighted by atomic mass is 16.5. The minimum atomic E-state index is -0.399. The van der Waals surface area contributed by atoms with Gasteiger partial charge in [-0.15, -0.1) is 0 Å². The van der Waals surface area contributed by atoms with Crippen LogP contribution >= 0.6 is 0 Å². The molecule has 0 aliphatic carbocycles. The third-order valence-electron chi connectivity index (χ3n) is 4.24. The molecule has 4 rings (SSSR count). The zero-order valence-electron chi connectivity index (χ0n) is 15.1. The molecule has 0 bridgehead atoms. The van der Waals surface area contributed by atoms with E-state index in [4.69, 9.17) is 4.74 Å². The standard InChI is InChI=1S/C22H17N3O3/c1-25-22(27)19-13-6-5-12-18(19)20(24-25)21(26)23-15-8-7-11-17(14-15)28-16-9-3-2-4-10-16/h2-14H,1H3,(H,23,26). The van der Waals surface area contributed by atoms with Crippen molar-refractivity contribution in [2.24, 2.45) is 7.05 Å². The lowest BCUT2D eigenvalue weighted by Gasteiger charge is -2.10. The van der Waals surface area contributed by atoms with E-state index in [1.807, 2.05) is 36.4 Å². The molecule has 4 aromatic rings. The van der Waals surface area contributed by atoms with E-state index in [9.17, 15) is 9.59 Å². The number of rotatable bonds is 4. The SMILES string of the molecule is Cn1nc(C(=O)Nc2cccc(Oc3ccccc3)c2)c2ccccc2c1=O. The first-order valence-corrected chi connectivity index (χ1v) is 8.72. The largest absolute Gasteiger partial charge is 0.457 e. The number of hydrogen-bond donors (Lipinski definition) is 1. The summed E-state index contributed by atoms with van der Waals surface area (Å²) in [6, 6.07) is 23.4. The number of nitrogens with zero attached hydrogens (tertiary/aromatic N) is 2. The first kappa shape index (κ1) is 17.5. The Balaban J connectivity index is 1.63. The van der Waals surface area contributed by atoms with Crippen molar-refractivity contribution in [1.29, 1.82) is 0 Å². The average Bonchev–Trinajstić information content (AvgIpc) is 2.72. The number of aromatic nitrogens is 2. The monoisotopic (exact) mass is 371 g/mol. The van der Waals surface area contributed by atoms with Crippen molar-refractivity contribution < 1.29 is 9.53 Å². The predicted molar refractivity (Wildman–Crippen MR) is 108 cm³/mol. The lowest BCUT2D eigenvalue weighted by atomic mass is 10.1. The average molecular weight is 371 g/mol. The molecule has 6 heteroatoms. The number of benzene rings is 3. The number of ether oxygens (including phenoxy) is 1. The Morgan fingerprint density at radius 1 is 0.893 bits per heavy atom. The van der Waals surface area contributed by atoms with Crippen molar-refractivity contribution in [3.05, 3.63) is 94.9 Å². The van der Waals surface area contributed by atoms with Crippen LogP contribution in [-0.2, 0) is 7.05 Å². The van der Waals surface area contributed by atoms with Crippen molar-refractivity contribution in [2.75, 3.05) is 5.32 Å². The van der Waals surface area contributed by atoms with Crippen LogP contribution in [-0.4, -0.2) is 15.7 Å². The Hall–Kier alpha value is -3.93. The van der Waals surface area contributed by atoms with Crippen LogP contribution in [0, 0.1) is 0 Å². The number of carbonyl (C=O) groups excluding carboxylic acids is 1. The van der Waals surface area contributed by atoms with E-state index in [-0.39, 0.29) is 11.3 Å². The molecule has 6 nitrogen and oxygen atoms in total. The summed E-state index contributed by atoms with van der Waals surface area (Å²) >= 11 is 0. The maximum atomic E-state index is 12.8. The molecule has 1 heterocycles. The van der Waals surface area contributed by atoms with Gasteiger partial charge in [-0.2, -0.15) is 5.10 Å². The number of aryl methyl sites for hydroxylation is 1. The van der Waals surface area contributed by atoms with Crippen molar-refractivity contribution in [2.45, 2.75) is 0 Å². The molecule has 0 fully saturated rings. The van der Waals surface area contributed by atoms with Crippen LogP contribution in [0.4, 0.5) is 5.69 Å². The molecular formula is C22H17N3O3. The fraction of sp³-hybridized carbons (Fsp3) is 0.0455. The van der Waals surface area contributed by atoms with E-state index in [0.717, 1.165) is 0 Å². The molecule has 1 aromatic heterocycles. The van der Waals surface area contributed by atoms with Gasteiger partial charge in [-0.1, -0.05) is 42.5 Å². The van der Waals surface area contributed by atoms with E-state index < -0.39 is 5.91 Å². The van der Waals surface area contributed by atoms with Gasteiger partial charge in [-0.25, -0.2) is 4.68 Å². The third kappa shape index (κ3) is 3.48. The highest BCUT2D eigenvalue weighted by Gasteiger charge is 2.16. The minimum Gasteiger partial charge on any atom is -0.457 e. The predicted octanol–water partition coefficient (Wildman–Crippen LogP) is 3.98. The highest BCUT2D eigenvalue weighted by Crippen LogP contribution is 2.24. The number of hydrogen-bond acceptors (Lipinski definition) is 4. The van der Waals surface area contributed by atoms with E-state index in [2.05, 4.69) is 10.4 Å². The van der Waals surface area contributed by atoms with Gasteiger partial charge in [-0.3, -0.25) is 9.59 Å². The number of carbonyl (C=O) groups is 1. The second kappa shape index (κ2) is 7.36. The van der Waals surface area contributed by atoms with Crippen molar-refractivity contribution in [3.8, 4) is 11.5 Å². The minimum absolute atomic E-state index is 0.187. The van der Waals surface area contributed by atoms with Gasteiger partial charge in [0.1, 0.15) is 11.5 Å². The summed E-state index contributed by atoms with van der Waals surface area (Å²) in [5.41, 5.74) is 0.510. The molecule has 1 amide bonds. The smallest absolute Gasteiger partial charge is 0.276 e. The summed E-state index contributed by atoms with van der Waals surface area (Å²) < 4.78 is 6.97. The Bertz CT molecular complexity index is 1220. The fourth-order valence-corrected chi connectivity index (χ4v) is 2.92. The van der Waals surface area contributed by atoms with Crippen LogP contribution < -0.4 is 15.6 Å². The van der Waals surface area contributed by atoms with Crippen LogP contribution in [0.3, 0.4) is 0 Å². The van der Waals surface area contributed by atoms with Crippen molar-refractivity contribution in [3.63, 3.8) is 0 Å². The summed E-state index contributed by atoms with van der Waals surface area (Å²) in [6.07, 6.45) is 0. The number of amides is 1. The van der Waals surface area contributed by atoms with Gasteiger partial charge in [0.25, 0.3) is 11.5 Å².